The summed E-state index contributed by atoms with van der Waals surface area (Å²) in [6.07, 6.45) is 3.51. The van der Waals surface area contributed by atoms with Crippen LogP contribution < -0.4 is 9.80 Å². The molecule has 0 unspecified atom stereocenters. The first-order valence-electron chi connectivity index (χ1n) is 9.70. The topological polar surface area (TPSA) is 35.5 Å². The van der Waals surface area contributed by atoms with E-state index >= 15 is 0 Å². The highest BCUT2D eigenvalue weighted by molar-refractivity contribution is 5.53. The van der Waals surface area contributed by atoms with Crippen LogP contribution in [0.4, 0.5) is 11.8 Å². The fourth-order valence-corrected chi connectivity index (χ4v) is 3.96. The molecule has 2 aliphatic rings. The number of fused-ring (bicyclic) bond motifs is 1. The average Bonchev–Trinajstić information content (AvgIpc) is 3.17. The Balaban J connectivity index is 1.58. The molecule has 5 nitrogen and oxygen atoms in total. The Morgan fingerprint density at radius 3 is 2.42 bits per heavy atom. The van der Waals surface area contributed by atoms with E-state index in [4.69, 9.17) is 9.97 Å². The van der Waals surface area contributed by atoms with Crippen LogP contribution in [0.15, 0.2) is 24.3 Å². The predicted molar refractivity (Wildman–Crippen MR) is 107 cm³/mol. The van der Waals surface area contributed by atoms with Crippen molar-refractivity contribution in [2.45, 2.75) is 39.3 Å². The Morgan fingerprint density at radius 2 is 1.73 bits per heavy atom. The van der Waals surface area contributed by atoms with Crippen LogP contribution in [0.1, 0.15) is 35.2 Å². The van der Waals surface area contributed by atoms with E-state index in [9.17, 15) is 0 Å². The summed E-state index contributed by atoms with van der Waals surface area (Å²) >= 11 is 0. The Hall–Kier alpha value is -2.14. The van der Waals surface area contributed by atoms with Gasteiger partial charge in [-0.1, -0.05) is 29.8 Å². The molecule has 0 N–H and O–H groups in total. The SMILES string of the molecule is Cc1ccc(CN2CCc3nc(N4CCCC4)nc(N(C)C)c3C2)cc1. The standard InChI is InChI=1S/C21H29N5/c1-16-6-8-17(9-7-16)14-25-13-10-19-18(15-25)20(24(2)3)23-21(22-19)26-11-4-5-12-26/h6-9H,4-5,10-15H2,1-3H3. The molecule has 26 heavy (non-hydrogen) atoms. The van der Waals surface area contributed by atoms with Gasteiger partial charge in [0.2, 0.25) is 5.95 Å². The van der Waals surface area contributed by atoms with Gasteiger partial charge >= 0.3 is 0 Å². The monoisotopic (exact) mass is 351 g/mol. The van der Waals surface area contributed by atoms with Crippen molar-refractivity contribution in [2.24, 2.45) is 0 Å². The van der Waals surface area contributed by atoms with Crippen LogP contribution in [0.2, 0.25) is 0 Å². The van der Waals surface area contributed by atoms with Crippen molar-refractivity contribution in [3.05, 3.63) is 46.6 Å². The van der Waals surface area contributed by atoms with Crippen molar-refractivity contribution in [1.82, 2.24) is 14.9 Å². The maximum Gasteiger partial charge on any atom is 0.227 e. The van der Waals surface area contributed by atoms with Crippen LogP contribution in [0.3, 0.4) is 0 Å². The molecule has 0 atom stereocenters. The van der Waals surface area contributed by atoms with Gasteiger partial charge in [0.25, 0.3) is 0 Å². The number of hydrogen-bond donors (Lipinski definition) is 0. The summed E-state index contributed by atoms with van der Waals surface area (Å²) in [6, 6.07) is 8.88. The summed E-state index contributed by atoms with van der Waals surface area (Å²) in [5.41, 5.74) is 5.23. The zero-order valence-electron chi connectivity index (χ0n) is 16.2. The van der Waals surface area contributed by atoms with E-state index in [1.807, 2.05) is 0 Å². The molecule has 1 saturated heterocycles. The molecule has 1 aromatic heterocycles. The van der Waals surface area contributed by atoms with E-state index in [1.54, 1.807) is 0 Å². The van der Waals surface area contributed by atoms with Gasteiger partial charge in [0.05, 0.1) is 5.69 Å². The summed E-state index contributed by atoms with van der Waals surface area (Å²) in [4.78, 5) is 16.9. The lowest BCUT2D eigenvalue weighted by atomic mass is 10.0. The molecule has 5 heteroatoms. The van der Waals surface area contributed by atoms with Gasteiger partial charge in [-0.2, -0.15) is 4.98 Å². The second-order valence-electron chi connectivity index (χ2n) is 7.81. The number of rotatable bonds is 4. The quantitative estimate of drug-likeness (QED) is 0.846. The van der Waals surface area contributed by atoms with Crippen molar-refractivity contribution < 1.29 is 0 Å². The van der Waals surface area contributed by atoms with Crippen molar-refractivity contribution >= 4 is 11.8 Å². The van der Waals surface area contributed by atoms with Crippen LogP contribution in [0.25, 0.3) is 0 Å². The van der Waals surface area contributed by atoms with Crippen LogP contribution in [-0.4, -0.2) is 48.6 Å². The summed E-state index contributed by atoms with van der Waals surface area (Å²) < 4.78 is 0. The first-order chi connectivity index (χ1) is 12.6. The van der Waals surface area contributed by atoms with Gasteiger partial charge in [0.15, 0.2) is 0 Å². The van der Waals surface area contributed by atoms with Gasteiger partial charge < -0.3 is 9.80 Å². The summed E-state index contributed by atoms with van der Waals surface area (Å²) in [6.45, 7) is 7.29. The minimum atomic E-state index is 0.928. The van der Waals surface area contributed by atoms with E-state index in [-0.39, 0.29) is 0 Å². The molecule has 3 heterocycles. The minimum absolute atomic E-state index is 0.928. The highest BCUT2D eigenvalue weighted by Crippen LogP contribution is 2.29. The number of benzene rings is 1. The van der Waals surface area contributed by atoms with Crippen molar-refractivity contribution in [2.75, 3.05) is 43.5 Å². The number of aryl methyl sites for hydroxylation is 1. The third kappa shape index (κ3) is 3.54. The molecule has 0 saturated carbocycles. The predicted octanol–water partition coefficient (Wildman–Crippen LogP) is 3.01. The average molecular weight is 351 g/mol. The van der Waals surface area contributed by atoms with Crippen molar-refractivity contribution in [1.29, 1.82) is 0 Å². The van der Waals surface area contributed by atoms with Crippen LogP contribution in [0.5, 0.6) is 0 Å². The molecule has 1 fully saturated rings. The zero-order valence-corrected chi connectivity index (χ0v) is 16.2. The number of anilines is 2. The second kappa shape index (κ2) is 7.23. The largest absolute Gasteiger partial charge is 0.362 e. The highest BCUT2D eigenvalue weighted by atomic mass is 15.3. The van der Waals surface area contributed by atoms with Crippen molar-refractivity contribution in [3.8, 4) is 0 Å². The van der Waals surface area contributed by atoms with E-state index < -0.39 is 0 Å². The van der Waals surface area contributed by atoms with Gasteiger partial charge in [-0.15, -0.1) is 0 Å². The van der Waals surface area contributed by atoms with Crippen molar-refractivity contribution in [3.63, 3.8) is 0 Å². The Kier molecular flexibility index (Phi) is 4.81. The third-order valence-corrected chi connectivity index (χ3v) is 5.44. The lowest BCUT2D eigenvalue weighted by Gasteiger charge is -2.31. The Morgan fingerprint density at radius 1 is 1.00 bits per heavy atom. The maximum absolute atomic E-state index is 4.95. The Bertz CT molecular complexity index is 763. The third-order valence-electron chi connectivity index (χ3n) is 5.44. The second-order valence-corrected chi connectivity index (χ2v) is 7.81. The molecule has 2 aromatic rings. The molecule has 4 rings (SSSR count). The maximum atomic E-state index is 4.95. The summed E-state index contributed by atoms with van der Waals surface area (Å²) in [5.74, 6) is 2.02. The molecular weight excluding hydrogens is 322 g/mol. The smallest absolute Gasteiger partial charge is 0.227 e. The normalized spacial score (nSPS) is 17.4. The van der Waals surface area contributed by atoms with E-state index in [0.717, 1.165) is 50.9 Å². The minimum Gasteiger partial charge on any atom is -0.362 e. The zero-order chi connectivity index (χ0) is 18.1. The molecule has 2 aliphatic heterocycles. The van der Waals surface area contributed by atoms with Crippen LogP contribution in [0, 0.1) is 6.92 Å². The lowest BCUT2D eigenvalue weighted by molar-refractivity contribution is 0.243. The molecular formula is C21H29N5. The van der Waals surface area contributed by atoms with Gasteiger partial charge in [-0.25, -0.2) is 4.98 Å². The summed E-state index contributed by atoms with van der Waals surface area (Å²) in [5, 5.41) is 0. The molecule has 0 aliphatic carbocycles. The highest BCUT2D eigenvalue weighted by Gasteiger charge is 2.25. The van der Waals surface area contributed by atoms with E-state index in [0.29, 0.717) is 0 Å². The van der Waals surface area contributed by atoms with Crippen LogP contribution >= 0.6 is 0 Å². The fourth-order valence-electron chi connectivity index (χ4n) is 3.96. The first kappa shape index (κ1) is 17.3. The van der Waals surface area contributed by atoms with E-state index in [2.05, 4.69) is 60.0 Å². The lowest BCUT2D eigenvalue weighted by Crippen LogP contribution is -2.33. The first-order valence-corrected chi connectivity index (χ1v) is 9.70. The van der Waals surface area contributed by atoms with E-state index in [1.165, 1.54) is 35.2 Å². The molecule has 0 spiro atoms. The van der Waals surface area contributed by atoms with Gasteiger partial charge in [-0.05, 0) is 25.3 Å². The molecule has 0 radical (unpaired) electrons. The summed E-state index contributed by atoms with van der Waals surface area (Å²) in [7, 11) is 4.19. The number of aromatic nitrogens is 2. The van der Waals surface area contributed by atoms with Gasteiger partial charge in [0.1, 0.15) is 5.82 Å². The Labute approximate surface area is 156 Å². The molecule has 0 amide bonds. The number of hydrogen-bond acceptors (Lipinski definition) is 5. The van der Waals surface area contributed by atoms with Crippen LogP contribution in [-0.2, 0) is 19.5 Å². The molecule has 138 valence electrons. The molecule has 0 bridgehead atoms. The van der Waals surface area contributed by atoms with Gasteiger partial charge in [0, 0.05) is 58.8 Å². The fraction of sp³-hybridized carbons (Fsp3) is 0.524. The molecule has 1 aromatic carbocycles. The number of nitrogens with zero attached hydrogens (tertiary/aromatic N) is 5. The van der Waals surface area contributed by atoms with Gasteiger partial charge in [-0.3, -0.25) is 4.90 Å².